The highest BCUT2D eigenvalue weighted by molar-refractivity contribution is 5.78. The molecule has 0 aliphatic carbocycles. The molecular weight excluding hydrogens is 630 g/mol. The van der Waals surface area contributed by atoms with Gasteiger partial charge >= 0.3 is 11.9 Å². The summed E-state index contributed by atoms with van der Waals surface area (Å²) < 4.78 is 10.5. The topological polar surface area (TPSA) is 122 Å². The Hall–Kier alpha value is -1.93. The molecule has 0 fully saturated rings. The molecule has 0 aliphatic rings. The molecule has 0 saturated heterocycles. The number of hydrogen-bond donors (Lipinski definition) is 3. The number of aliphatic hydroxyl groups is 2. The van der Waals surface area contributed by atoms with Crippen molar-refractivity contribution in [2.75, 3.05) is 13.2 Å². The number of aliphatic hydroxyl groups excluding tert-OH is 2. The Balaban J connectivity index is 4.54. The third-order valence-corrected chi connectivity index (χ3v) is 9.30. The van der Waals surface area contributed by atoms with Crippen LogP contribution in [0.4, 0.5) is 0 Å². The van der Waals surface area contributed by atoms with E-state index in [0.717, 1.165) is 38.5 Å². The highest BCUT2D eigenvalue weighted by Gasteiger charge is 2.24. The molecule has 0 bridgehead atoms. The predicted octanol–water partition coefficient (Wildman–Crippen LogP) is 10.2. The molecule has 0 heterocycles. The zero-order valence-electron chi connectivity index (χ0n) is 33.0. The van der Waals surface area contributed by atoms with E-state index in [1.165, 1.54) is 122 Å². The summed E-state index contributed by atoms with van der Waals surface area (Å²) in [6.07, 6.45) is 33.6. The number of carbonyl (C=O) groups is 3. The van der Waals surface area contributed by atoms with Gasteiger partial charge in [-0.05, 0) is 33.1 Å². The minimum absolute atomic E-state index is 0.165. The van der Waals surface area contributed by atoms with Crippen LogP contribution in [0.25, 0.3) is 0 Å². The summed E-state index contributed by atoms with van der Waals surface area (Å²) in [7, 11) is 0. The number of nitrogens with one attached hydrogen (secondary N) is 1. The summed E-state index contributed by atoms with van der Waals surface area (Å²) in [5.41, 5.74) is -1.02. The van der Waals surface area contributed by atoms with Crippen molar-refractivity contribution in [3.63, 3.8) is 0 Å². The van der Waals surface area contributed by atoms with E-state index in [2.05, 4.69) is 19.2 Å². The van der Waals surface area contributed by atoms with Crippen molar-refractivity contribution >= 4 is 17.8 Å². The molecule has 0 aliphatic heterocycles. The van der Waals surface area contributed by atoms with E-state index in [0.29, 0.717) is 6.42 Å². The molecule has 0 saturated carbocycles. The maximum atomic E-state index is 12.8. The van der Waals surface area contributed by atoms with Gasteiger partial charge in [0.05, 0.1) is 31.6 Å². The number of hydrogen-bond acceptors (Lipinski definition) is 7. The third kappa shape index (κ3) is 32.0. The molecule has 2 atom stereocenters. The van der Waals surface area contributed by atoms with Crippen molar-refractivity contribution in [3.05, 3.63) is 12.2 Å². The first kappa shape index (κ1) is 48.1. The van der Waals surface area contributed by atoms with Crippen molar-refractivity contribution in [1.82, 2.24) is 5.32 Å². The fourth-order valence-corrected chi connectivity index (χ4v) is 5.95. The predicted molar refractivity (Wildman–Crippen MR) is 206 cm³/mol. The molecule has 0 rings (SSSR count). The smallest absolute Gasteiger partial charge is 0.306 e. The van der Waals surface area contributed by atoms with Gasteiger partial charge in [0, 0.05) is 6.42 Å². The second-order valence-corrected chi connectivity index (χ2v) is 15.0. The van der Waals surface area contributed by atoms with Crippen LogP contribution in [0.5, 0.6) is 0 Å². The van der Waals surface area contributed by atoms with Crippen LogP contribution in [-0.4, -0.2) is 59.0 Å². The molecule has 0 aromatic heterocycles. The highest BCUT2D eigenvalue weighted by atomic mass is 16.6. The average Bonchev–Trinajstić information content (AvgIpc) is 3.09. The van der Waals surface area contributed by atoms with E-state index >= 15 is 0 Å². The fraction of sp³-hybridized carbons (Fsp3) is 0.881. The third-order valence-electron chi connectivity index (χ3n) is 9.30. The Morgan fingerprint density at radius 3 is 1.50 bits per heavy atom. The molecule has 8 nitrogen and oxygen atoms in total. The minimum atomic E-state index is -1.02. The molecule has 8 heteroatoms. The Morgan fingerprint density at radius 1 is 0.620 bits per heavy atom. The number of ether oxygens (including phenoxy) is 2. The molecule has 0 spiro atoms. The molecule has 0 aromatic carbocycles. The van der Waals surface area contributed by atoms with Gasteiger partial charge in [0.25, 0.3) is 0 Å². The Kier molecular flexibility index (Phi) is 32.9. The molecule has 3 N–H and O–H groups in total. The van der Waals surface area contributed by atoms with Gasteiger partial charge in [-0.25, -0.2) is 0 Å². The molecule has 1 amide bonds. The van der Waals surface area contributed by atoms with Gasteiger partial charge in [0.15, 0.2) is 0 Å². The van der Waals surface area contributed by atoms with Gasteiger partial charge in [-0.2, -0.15) is 0 Å². The molecule has 294 valence electrons. The Labute approximate surface area is 307 Å². The standard InChI is InChI=1S/C42H79NO7/c1-5-7-9-11-13-15-17-19-21-23-25-27-29-31-38(45)37(35-49-40(47)33-34-41(48)50-42(3,4)36-44)43-39(46)32-30-28-26-24-22-20-18-16-14-12-10-8-6-2/h29,31,37-38,44-45H,5-28,30,32-36H2,1-4H3,(H,43,46)/b31-29+/t37-,38+/m0/s1. The number of allylic oxidation sites excluding steroid dienone is 1. The molecule has 0 radical (unpaired) electrons. The van der Waals surface area contributed by atoms with Gasteiger partial charge in [-0.1, -0.05) is 167 Å². The summed E-state index contributed by atoms with van der Waals surface area (Å²) in [5.74, 6) is -1.38. The number of rotatable bonds is 36. The van der Waals surface area contributed by atoms with Crippen molar-refractivity contribution in [3.8, 4) is 0 Å². The van der Waals surface area contributed by atoms with E-state index in [4.69, 9.17) is 9.47 Å². The zero-order valence-corrected chi connectivity index (χ0v) is 33.0. The summed E-state index contributed by atoms with van der Waals surface area (Å²) >= 11 is 0. The van der Waals surface area contributed by atoms with Crippen LogP contribution < -0.4 is 5.32 Å². The lowest BCUT2D eigenvalue weighted by Gasteiger charge is -2.23. The van der Waals surface area contributed by atoms with Gasteiger partial charge in [-0.15, -0.1) is 0 Å². The summed E-state index contributed by atoms with van der Waals surface area (Å²) in [6, 6.07) is -0.776. The Morgan fingerprint density at radius 2 is 1.04 bits per heavy atom. The molecular formula is C42H79NO7. The number of amides is 1. The van der Waals surface area contributed by atoms with Crippen molar-refractivity contribution in [1.29, 1.82) is 0 Å². The first-order valence-electron chi connectivity index (χ1n) is 20.8. The normalized spacial score (nSPS) is 13.0. The van der Waals surface area contributed by atoms with Crippen molar-refractivity contribution < 1.29 is 34.1 Å². The minimum Gasteiger partial charge on any atom is -0.463 e. The first-order valence-corrected chi connectivity index (χ1v) is 20.8. The highest BCUT2D eigenvalue weighted by Crippen LogP contribution is 2.15. The van der Waals surface area contributed by atoms with E-state index in [9.17, 15) is 24.6 Å². The summed E-state index contributed by atoms with van der Waals surface area (Å²) in [4.78, 5) is 37.2. The van der Waals surface area contributed by atoms with E-state index < -0.39 is 29.7 Å². The SMILES string of the molecule is CCCCCCCCCCCCC/C=C/[C@@H](O)[C@H](COC(=O)CCC(=O)OC(C)(C)CO)NC(=O)CCCCCCCCCCCCCCC. The van der Waals surface area contributed by atoms with E-state index in [1.807, 2.05) is 6.08 Å². The van der Waals surface area contributed by atoms with Crippen LogP contribution in [0.2, 0.25) is 0 Å². The largest absolute Gasteiger partial charge is 0.463 e. The second kappa shape index (κ2) is 34.2. The van der Waals surface area contributed by atoms with Crippen LogP contribution in [0.1, 0.15) is 207 Å². The van der Waals surface area contributed by atoms with Crippen LogP contribution in [0.3, 0.4) is 0 Å². The van der Waals surface area contributed by atoms with Gasteiger partial charge in [-0.3, -0.25) is 14.4 Å². The maximum Gasteiger partial charge on any atom is 0.306 e. The fourth-order valence-electron chi connectivity index (χ4n) is 5.95. The lowest BCUT2D eigenvalue weighted by atomic mass is 10.0. The second-order valence-electron chi connectivity index (χ2n) is 15.0. The molecule has 50 heavy (non-hydrogen) atoms. The van der Waals surface area contributed by atoms with Crippen LogP contribution in [0.15, 0.2) is 12.2 Å². The van der Waals surface area contributed by atoms with Gasteiger partial charge in [0.2, 0.25) is 5.91 Å². The van der Waals surface area contributed by atoms with Crippen molar-refractivity contribution in [2.24, 2.45) is 0 Å². The van der Waals surface area contributed by atoms with Crippen LogP contribution in [-0.2, 0) is 23.9 Å². The van der Waals surface area contributed by atoms with Gasteiger partial charge in [0.1, 0.15) is 12.2 Å². The first-order chi connectivity index (χ1) is 24.1. The van der Waals surface area contributed by atoms with Crippen LogP contribution in [0, 0.1) is 0 Å². The lowest BCUT2D eigenvalue weighted by Crippen LogP contribution is -2.46. The lowest BCUT2D eigenvalue weighted by molar-refractivity contribution is -0.162. The van der Waals surface area contributed by atoms with E-state index in [-0.39, 0.29) is 32.0 Å². The monoisotopic (exact) mass is 710 g/mol. The van der Waals surface area contributed by atoms with Gasteiger partial charge < -0.3 is 25.0 Å². The summed E-state index contributed by atoms with van der Waals surface area (Å²) in [6.45, 7) is 7.15. The maximum absolute atomic E-state index is 12.8. The number of unbranched alkanes of at least 4 members (excludes halogenated alkanes) is 23. The number of carbonyl (C=O) groups excluding carboxylic acids is 3. The average molecular weight is 710 g/mol. The zero-order chi connectivity index (χ0) is 37.1. The Bertz CT molecular complexity index is 844. The quantitative estimate of drug-likeness (QED) is 0.0336. The summed E-state index contributed by atoms with van der Waals surface area (Å²) in [5, 5.41) is 23.1. The van der Waals surface area contributed by atoms with Crippen molar-refractivity contribution in [2.45, 2.75) is 225 Å². The molecule has 0 aromatic rings. The molecule has 0 unspecified atom stereocenters. The number of esters is 2. The van der Waals surface area contributed by atoms with Crippen LogP contribution >= 0.6 is 0 Å². The van der Waals surface area contributed by atoms with E-state index in [1.54, 1.807) is 19.9 Å².